The van der Waals surface area contributed by atoms with Gasteiger partial charge in [-0.1, -0.05) is 54.6 Å². The molecule has 2 heterocycles. The van der Waals surface area contributed by atoms with Crippen molar-refractivity contribution in [2.24, 2.45) is 0 Å². The summed E-state index contributed by atoms with van der Waals surface area (Å²) in [5.41, 5.74) is 9.50. The molecule has 1 atom stereocenters. The molecule has 0 N–H and O–H groups in total. The van der Waals surface area contributed by atoms with Gasteiger partial charge in [-0.2, -0.15) is 0 Å². The lowest BCUT2D eigenvalue weighted by atomic mass is 9.89. The van der Waals surface area contributed by atoms with Gasteiger partial charge in [0, 0.05) is 29.4 Å². The zero-order valence-corrected chi connectivity index (χ0v) is 13.0. The van der Waals surface area contributed by atoms with E-state index in [0.717, 1.165) is 0 Å². The highest BCUT2D eigenvalue weighted by atomic mass is 14.9. The number of benzene rings is 2. The van der Waals surface area contributed by atoms with E-state index >= 15 is 0 Å². The molecule has 1 aliphatic carbocycles. The Bertz CT molecular complexity index is 1020. The molecule has 0 radical (unpaired) electrons. The van der Waals surface area contributed by atoms with E-state index in [1.54, 1.807) is 0 Å². The Morgan fingerprint density at radius 3 is 2.39 bits per heavy atom. The fourth-order valence-electron chi connectivity index (χ4n) is 3.95. The van der Waals surface area contributed by atoms with E-state index in [0.29, 0.717) is 5.92 Å². The van der Waals surface area contributed by atoms with E-state index in [-0.39, 0.29) is 0 Å². The van der Waals surface area contributed by atoms with Crippen LogP contribution < -0.4 is 0 Å². The molecule has 0 fully saturated rings. The highest BCUT2D eigenvalue weighted by Gasteiger charge is 2.30. The molecule has 1 unspecified atom stereocenters. The van der Waals surface area contributed by atoms with Crippen molar-refractivity contribution >= 4 is 5.52 Å². The minimum absolute atomic E-state index is 0.336. The molecule has 0 saturated heterocycles. The molecule has 0 amide bonds. The average Bonchev–Trinajstić information content (AvgIpc) is 3.09. The van der Waals surface area contributed by atoms with Gasteiger partial charge in [-0.3, -0.25) is 0 Å². The first-order chi connectivity index (χ1) is 11.3. The van der Waals surface area contributed by atoms with E-state index in [1.807, 2.05) is 0 Å². The van der Waals surface area contributed by atoms with Crippen LogP contribution >= 0.6 is 0 Å². The van der Waals surface area contributed by atoms with Crippen molar-refractivity contribution in [3.05, 3.63) is 101 Å². The largest absolute Gasteiger partial charge is 0.323 e. The predicted molar refractivity (Wildman–Crippen MR) is 95.0 cm³/mol. The van der Waals surface area contributed by atoms with Gasteiger partial charge in [0.25, 0.3) is 0 Å². The molecule has 0 aliphatic heterocycles. The maximum Gasteiger partial charge on any atom is 0.0456 e. The number of nitrogens with zero attached hydrogens (tertiary/aromatic N) is 1. The maximum absolute atomic E-state index is 2.36. The summed E-state index contributed by atoms with van der Waals surface area (Å²) < 4.78 is 2.25. The monoisotopic (exact) mass is 295 g/mol. The minimum Gasteiger partial charge on any atom is -0.323 e. The average molecular weight is 295 g/mol. The van der Waals surface area contributed by atoms with Crippen molar-refractivity contribution in [2.75, 3.05) is 0 Å². The van der Waals surface area contributed by atoms with Gasteiger partial charge in [0.15, 0.2) is 0 Å². The zero-order chi connectivity index (χ0) is 15.4. The molecule has 2 aromatic carbocycles. The number of hydrogen-bond acceptors (Lipinski definition) is 0. The number of fused-ring (bicyclic) bond motifs is 4. The van der Waals surface area contributed by atoms with Crippen LogP contribution in [0.25, 0.3) is 16.6 Å². The molecular formula is C22H17N. The Hall–Kier alpha value is -2.80. The third-order valence-electron chi connectivity index (χ3n) is 4.90. The topological polar surface area (TPSA) is 4.41 Å². The molecule has 23 heavy (non-hydrogen) atoms. The Morgan fingerprint density at radius 2 is 1.52 bits per heavy atom. The molecule has 110 valence electrons. The summed E-state index contributed by atoms with van der Waals surface area (Å²) in [6, 6.07) is 24.3. The Labute approximate surface area is 135 Å². The van der Waals surface area contributed by atoms with E-state index in [2.05, 4.69) is 90.4 Å². The molecule has 2 aromatic heterocycles. The van der Waals surface area contributed by atoms with Crippen LogP contribution in [-0.4, -0.2) is 4.40 Å². The summed E-state index contributed by atoms with van der Waals surface area (Å²) in [5.74, 6) is 0.336. The van der Waals surface area contributed by atoms with E-state index < -0.39 is 0 Å². The van der Waals surface area contributed by atoms with Crippen molar-refractivity contribution in [1.29, 1.82) is 0 Å². The third-order valence-corrected chi connectivity index (χ3v) is 4.90. The van der Waals surface area contributed by atoms with E-state index in [4.69, 9.17) is 0 Å². The first kappa shape index (κ1) is 12.7. The van der Waals surface area contributed by atoms with E-state index in [1.165, 1.54) is 38.9 Å². The number of hydrogen-bond donors (Lipinski definition) is 0. The molecule has 0 spiro atoms. The lowest BCUT2D eigenvalue weighted by Crippen LogP contribution is -1.99. The van der Waals surface area contributed by atoms with Crippen LogP contribution in [0.4, 0.5) is 0 Å². The van der Waals surface area contributed by atoms with Crippen LogP contribution in [0.3, 0.4) is 0 Å². The second-order valence-electron chi connectivity index (χ2n) is 6.42. The Kier molecular flexibility index (Phi) is 2.54. The number of rotatable bonds is 1. The minimum atomic E-state index is 0.336. The zero-order valence-electron chi connectivity index (χ0n) is 13.0. The van der Waals surface area contributed by atoms with Crippen LogP contribution in [0.5, 0.6) is 0 Å². The highest BCUT2D eigenvalue weighted by Crippen LogP contribution is 2.48. The van der Waals surface area contributed by atoms with Crippen LogP contribution in [0, 0.1) is 6.92 Å². The molecule has 5 rings (SSSR count). The summed E-state index contributed by atoms with van der Waals surface area (Å²) >= 11 is 0. The van der Waals surface area contributed by atoms with Crippen LogP contribution in [0.15, 0.2) is 79.1 Å². The highest BCUT2D eigenvalue weighted by molar-refractivity contribution is 5.82. The molecule has 4 aromatic rings. The molecule has 0 bridgehead atoms. The fraction of sp³-hybridized carbons (Fsp3) is 0.0909. The summed E-state index contributed by atoms with van der Waals surface area (Å²) in [4.78, 5) is 0. The normalized spacial score (nSPS) is 15.6. The number of aryl methyl sites for hydroxylation is 1. The van der Waals surface area contributed by atoms with Crippen molar-refractivity contribution in [3.8, 4) is 11.1 Å². The molecule has 1 nitrogen and oxygen atoms in total. The standard InChI is InChI=1S/C22H17N/c1-15-11-17-12-20-21(14-23(17)13-15)18-9-5-6-10-19(18)22(20)16-7-3-2-4-8-16/h2-14,22H,1H3. The van der Waals surface area contributed by atoms with Crippen LogP contribution in [-0.2, 0) is 0 Å². The maximum atomic E-state index is 2.36. The van der Waals surface area contributed by atoms with Crippen LogP contribution in [0.2, 0.25) is 0 Å². The van der Waals surface area contributed by atoms with Crippen LogP contribution in [0.1, 0.15) is 28.2 Å². The van der Waals surface area contributed by atoms with E-state index in [9.17, 15) is 0 Å². The summed E-state index contributed by atoms with van der Waals surface area (Å²) in [6.07, 6.45) is 4.49. The smallest absolute Gasteiger partial charge is 0.0456 e. The lowest BCUT2D eigenvalue weighted by Gasteiger charge is -2.14. The Morgan fingerprint density at radius 1 is 0.739 bits per heavy atom. The van der Waals surface area contributed by atoms with Gasteiger partial charge >= 0.3 is 0 Å². The second-order valence-corrected chi connectivity index (χ2v) is 6.42. The molecule has 0 saturated carbocycles. The number of pyridine rings is 1. The van der Waals surface area contributed by atoms with Gasteiger partial charge in [0.2, 0.25) is 0 Å². The summed E-state index contributed by atoms with van der Waals surface area (Å²) in [6.45, 7) is 2.15. The van der Waals surface area contributed by atoms with Crippen molar-refractivity contribution in [2.45, 2.75) is 12.8 Å². The SMILES string of the molecule is Cc1cc2cc3c(cn2c1)-c1ccccc1C3c1ccccc1. The molecule has 1 heteroatoms. The Balaban J connectivity index is 1.85. The van der Waals surface area contributed by atoms with Gasteiger partial charge in [-0.25, -0.2) is 0 Å². The van der Waals surface area contributed by atoms with Gasteiger partial charge < -0.3 is 4.40 Å². The van der Waals surface area contributed by atoms with Gasteiger partial charge in [-0.05, 0) is 46.9 Å². The lowest BCUT2D eigenvalue weighted by molar-refractivity contribution is 1.01. The van der Waals surface area contributed by atoms with Gasteiger partial charge in [0.05, 0.1) is 0 Å². The first-order valence-corrected chi connectivity index (χ1v) is 8.08. The number of aromatic nitrogens is 1. The summed E-state index contributed by atoms with van der Waals surface area (Å²) in [5, 5.41) is 0. The summed E-state index contributed by atoms with van der Waals surface area (Å²) in [7, 11) is 0. The van der Waals surface area contributed by atoms with Crippen molar-refractivity contribution in [3.63, 3.8) is 0 Å². The van der Waals surface area contributed by atoms with Gasteiger partial charge in [-0.15, -0.1) is 0 Å². The molecular weight excluding hydrogens is 278 g/mol. The van der Waals surface area contributed by atoms with Crippen molar-refractivity contribution < 1.29 is 0 Å². The van der Waals surface area contributed by atoms with Gasteiger partial charge in [0.1, 0.15) is 0 Å². The third kappa shape index (κ3) is 1.80. The fourth-order valence-corrected chi connectivity index (χ4v) is 3.95. The van der Waals surface area contributed by atoms with Crippen molar-refractivity contribution in [1.82, 2.24) is 4.40 Å². The second kappa shape index (κ2) is 4.60. The molecule has 1 aliphatic rings. The first-order valence-electron chi connectivity index (χ1n) is 8.08. The quantitative estimate of drug-likeness (QED) is 0.389. The predicted octanol–water partition coefficient (Wildman–Crippen LogP) is 5.41.